The van der Waals surface area contributed by atoms with Gasteiger partial charge in [-0.15, -0.1) is 0 Å². The Morgan fingerprint density at radius 2 is 2.13 bits per heavy atom. The van der Waals surface area contributed by atoms with Crippen molar-refractivity contribution in [3.8, 4) is 0 Å². The molecule has 1 saturated heterocycles. The molecule has 1 aliphatic heterocycles. The Morgan fingerprint density at radius 1 is 1.39 bits per heavy atom. The standard InChI is InChI=1S/C18H26N2O3/c1-19(2)10-6-9-17(22)20-11-12-23-18(14-20,15-21)13-16-7-4-3-5-8-16/h3-9,21H,10-15H2,1-2H3. The number of likely N-dealkylation sites (N-methyl/N-ethyl adjacent to an activating group) is 1. The Morgan fingerprint density at radius 3 is 2.78 bits per heavy atom. The van der Waals surface area contributed by atoms with Crippen LogP contribution in [-0.4, -0.2) is 73.4 Å². The quantitative estimate of drug-likeness (QED) is 0.793. The molecule has 5 heteroatoms. The number of aliphatic hydroxyl groups is 1. The molecule has 1 fully saturated rings. The normalized spacial score (nSPS) is 22.0. The number of hydrogen-bond donors (Lipinski definition) is 1. The van der Waals surface area contributed by atoms with E-state index in [1.165, 1.54) is 0 Å². The van der Waals surface area contributed by atoms with Crippen LogP contribution in [-0.2, 0) is 16.0 Å². The van der Waals surface area contributed by atoms with Gasteiger partial charge in [0, 0.05) is 25.6 Å². The van der Waals surface area contributed by atoms with E-state index in [1.54, 1.807) is 11.0 Å². The highest BCUT2D eigenvalue weighted by molar-refractivity contribution is 5.87. The number of hydrogen-bond acceptors (Lipinski definition) is 4. The van der Waals surface area contributed by atoms with E-state index >= 15 is 0 Å². The van der Waals surface area contributed by atoms with Gasteiger partial charge in [0.2, 0.25) is 5.91 Å². The number of amides is 1. The third-order valence-corrected chi connectivity index (χ3v) is 3.95. The lowest BCUT2D eigenvalue weighted by Crippen LogP contribution is -2.56. The molecule has 0 saturated carbocycles. The molecule has 5 nitrogen and oxygen atoms in total. The zero-order valence-corrected chi connectivity index (χ0v) is 13.9. The van der Waals surface area contributed by atoms with Crippen molar-refractivity contribution in [1.82, 2.24) is 9.80 Å². The van der Waals surface area contributed by atoms with E-state index < -0.39 is 5.60 Å². The maximum Gasteiger partial charge on any atom is 0.246 e. The molecule has 1 heterocycles. The van der Waals surface area contributed by atoms with Crippen molar-refractivity contribution < 1.29 is 14.6 Å². The molecule has 0 spiro atoms. The molecule has 23 heavy (non-hydrogen) atoms. The van der Waals surface area contributed by atoms with Crippen molar-refractivity contribution in [3.63, 3.8) is 0 Å². The predicted octanol–water partition coefficient (Wildman–Crippen LogP) is 0.937. The van der Waals surface area contributed by atoms with Gasteiger partial charge < -0.3 is 19.6 Å². The number of aliphatic hydroxyl groups excluding tert-OH is 1. The van der Waals surface area contributed by atoms with Crippen LogP contribution in [0.15, 0.2) is 42.5 Å². The van der Waals surface area contributed by atoms with Gasteiger partial charge in [0.15, 0.2) is 0 Å². The highest BCUT2D eigenvalue weighted by Gasteiger charge is 2.37. The molecule has 1 aromatic carbocycles. The number of benzene rings is 1. The van der Waals surface area contributed by atoms with Crippen LogP contribution in [0.25, 0.3) is 0 Å². The molecule has 0 aromatic heterocycles. The van der Waals surface area contributed by atoms with Gasteiger partial charge in [0.05, 0.1) is 19.8 Å². The molecule has 0 aliphatic carbocycles. The number of nitrogens with zero attached hydrogens (tertiary/aromatic N) is 2. The van der Waals surface area contributed by atoms with E-state index in [4.69, 9.17) is 4.74 Å². The topological polar surface area (TPSA) is 53.0 Å². The van der Waals surface area contributed by atoms with E-state index in [0.717, 1.165) is 12.1 Å². The van der Waals surface area contributed by atoms with E-state index in [2.05, 4.69) is 0 Å². The fraction of sp³-hybridized carbons (Fsp3) is 0.500. The second kappa shape index (κ2) is 8.24. The number of rotatable bonds is 6. The van der Waals surface area contributed by atoms with Crippen LogP contribution >= 0.6 is 0 Å². The van der Waals surface area contributed by atoms with Gasteiger partial charge in [-0.2, -0.15) is 0 Å². The number of carbonyl (C=O) groups is 1. The van der Waals surface area contributed by atoms with Gasteiger partial charge in [-0.3, -0.25) is 4.79 Å². The monoisotopic (exact) mass is 318 g/mol. The average Bonchev–Trinajstić information content (AvgIpc) is 2.55. The van der Waals surface area contributed by atoms with Crippen molar-refractivity contribution >= 4 is 5.91 Å². The number of carbonyl (C=O) groups excluding carboxylic acids is 1. The number of morpholine rings is 1. The maximum atomic E-state index is 12.3. The zero-order chi connectivity index (χ0) is 16.7. The molecule has 1 N–H and O–H groups in total. The van der Waals surface area contributed by atoms with Gasteiger partial charge >= 0.3 is 0 Å². The molecule has 2 rings (SSSR count). The average molecular weight is 318 g/mol. The van der Waals surface area contributed by atoms with Crippen molar-refractivity contribution in [1.29, 1.82) is 0 Å². The van der Waals surface area contributed by atoms with E-state index in [9.17, 15) is 9.90 Å². The summed E-state index contributed by atoms with van der Waals surface area (Å²) >= 11 is 0. The minimum Gasteiger partial charge on any atom is -0.393 e. The lowest BCUT2D eigenvalue weighted by atomic mass is 9.93. The Bertz CT molecular complexity index is 530. The van der Waals surface area contributed by atoms with Gasteiger partial charge in [-0.25, -0.2) is 0 Å². The van der Waals surface area contributed by atoms with Crippen molar-refractivity contribution in [2.45, 2.75) is 12.0 Å². The zero-order valence-electron chi connectivity index (χ0n) is 13.9. The summed E-state index contributed by atoms with van der Waals surface area (Å²) in [6, 6.07) is 9.92. The largest absolute Gasteiger partial charge is 0.393 e. The molecule has 0 bridgehead atoms. The fourth-order valence-corrected chi connectivity index (χ4v) is 2.73. The Hall–Kier alpha value is -1.69. The van der Waals surface area contributed by atoms with Crippen molar-refractivity contribution in [2.24, 2.45) is 0 Å². The Balaban J connectivity index is 2.02. The van der Waals surface area contributed by atoms with E-state index in [-0.39, 0.29) is 12.5 Å². The minimum atomic E-state index is -0.718. The highest BCUT2D eigenvalue weighted by Crippen LogP contribution is 2.23. The Labute approximate surface area is 138 Å². The van der Waals surface area contributed by atoms with Crippen LogP contribution in [0, 0.1) is 0 Å². The summed E-state index contributed by atoms with van der Waals surface area (Å²) in [6.07, 6.45) is 4.06. The summed E-state index contributed by atoms with van der Waals surface area (Å²) in [5, 5.41) is 9.86. The van der Waals surface area contributed by atoms with Gasteiger partial charge in [-0.05, 0) is 19.7 Å². The van der Waals surface area contributed by atoms with Crippen LogP contribution in [0.5, 0.6) is 0 Å². The van der Waals surface area contributed by atoms with Gasteiger partial charge in [0.25, 0.3) is 0 Å². The lowest BCUT2D eigenvalue weighted by molar-refractivity contribution is -0.153. The van der Waals surface area contributed by atoms with Crippen molar-refractivity contribution in [2.75, 3.05) is 46.9 Å². The molecule has 1 amide bonds. The van der Waals surface area contributed by atoms with Crippen LogP contribution in [0.2, 0.25) is 0 Å². The highest BCUT2D eigenvalue weighted by atomic mass is 16.5. The first-order valence-electron chi connectivity index (χ1n) is 7.94. The second-order valence-corrected chi connectivity index (χ2v) is 6.28. The van der Waals surface area contributed by atoms with Gasteiger partial charge in [-0.1, -0.05) is 36.4 Å². The van der Waals surface area contributed by atoms with Gasteiger partial charge in [0.1, 0.15) is 5.60 Å². The molecule has 1 atom stereocenters. The maximum absolute atomic E-state index is 12.3. The molecule has 126 valence electrons. The summed E-state index contributed by atoms with van der Waals surface area (Å²) < 4.78 is 5.87. The predicted molar refractivity (Wildman–Crippen MR) is 90.2 cm³/mol. The van der Waals surface area contributed by atoms with E-state index in [0.29, 0.717) is 26.1 Å². The van der Waals surface area contributed by atoms with Crippen LogP contribution < -0.4 is 0 Å². The summed E-state index contributed by atoms with van der Waals surface area (Å²) in [6.45, 7) is 2.03. The summed E-state index contributed by atoms with van der Waals surface area (Å²) in [4.78, 5) is 16.1. The lowest BCUT2D eigenvalue weighted by Gasteiger charge is -2.41. The first-order chi connectivity index (χ1) is 11.0. The van der Waals surface area contributed by atoms with Crippen LogP contribution in [0.3, 0.4) is 0 Å². The summed E-state index contributed by atoms with van der Waals surface area (Å²) in [5.74, 6) is -0.0268. The summed E-state index contributed by atoms with van der Waals surface area (Å²) in [7, 11) is 3.92. The molecular weight excluding hydrogens is 292 g/mol. The SMILES string of the molecule is CN(C)CC=CC(=O)N1CCOC(CO)(Cc2ccccc2)C1. The molecule has 1 unspecified atom stereocenters. The Kier molecular flexibility index (Phi) is 6.33. The summed E-state index contributed by atoms with van der Waals surface area (Å²) in [5.41, 5.74) is 0.379. The number of ether oxygens (including phenoxy) is 1. The van der Waals surface area contributed by atoms with Crippen molar-refractivity contribution in [3.05, 3.63) is 48.0 Å². The van der Waals surface area contributed by atoms with Crippen LogP contribution in [0.1, 0.15) is 5.56 Å². The first kappa shape index (κ1) is 17.7. The molecule has 0 radical (unpaired) electrons. The molecule has 1 aromatic rings. The molecule has 1 aliphatic rings. The van der Waals surface area contributed by atoms with E-state index in [1.807, 2.05) is 55.4 Å². The first-order valence-corrected chi connectivity index (χ1v) is 7.94. The minimum absolute atomic E-state index is 0.0268. The third-order valence-electron chi connectivity index (χ3n) is 3.95. The molecular formula is C18H26N2O3. The van der Waals surface area contributed by atoms with Crippen LogP contribution in [0.4, 0.5) is 0 Å². The smallest absolute Gasteiger partial charge is 0.246 e. The fourth-order valence-electron chi connectivity index (χ4n) is 2.73. The third kappa shape index (κ3) is 5.16. The second-order valence-electron chi connectivity index (χ2n) is 6.28.